The van der Waals surface area contributed by atoms with Crippen molar-refractivity contribution < 1.29 is 0 Å². The molecule has 17 heavy (non-hydrogen) atoms. The first-order chi connectivity index (χ1) is 8.09. The van der Waals surface area contributed by atoms with Gasteiger partial charge in [-0.3, -0.25) is 0 Å². The molecule has 96 valence electrons. The van der Waals surface area contributed by atoms with Crippen LogP contribution in [0.15, 0.2) is 5.38 Å². The smallest absolute Gasteiger partial charge is 0.109 e. The molecule has 3 nitrogen and oxygen atoms in total. The third-order valence-electron chi connectivity index (χ3n) is 3.63. The van der Waals surface area contributed by atoms with Crippen LogP contribution < -0.4 is 11.1 Å². The highest BCUT2D eigenvalue weighted by molar-refractivity contribution is 7.09. The fraction of sp³-hybridized carbons (Fsp3) is 0.769. The summed E-state index contributed by atoms with van der Waals surface area (Å²) in [4.78, 5) is 4.53. The van der Waals surface area contributed by atoms with Gasteiger partial charge in [-0.15, -0.1) is 11.3 Å². The normalized spacial score (nSPS) is 20.6. The molecule has 1 fully saturated rings. The van der Waals surface area contributed by atoms with E-state index in [1.54, 1.807) is 11.3 Å². The summed E-state index contributed by atoms with van der Waals surface area (Å²) in [5.41, 5.74) is 7.45. The van der Waals surface area contributed by atoms with Crippen molar-refractivity contribution in [3.8, 4) is 0 Å². The summed E-state index contributed by atoms with van der Waals surface area (Å²) < 4.78 is 0. The second kappa shape index (κ2) is 5.46. The quantitative estimate of drug-likeness (QED) is 0.848. The Morgan fingerprint density at radius 1 is 1.53 bits per heavy atom. The average molecular weight is 253 g/mol. The van der Waals surface area contributed by atoms with Crippen LogP contribution in [-0.2, 0) is 6.54 Å². The number of hydrogen-bond donors (Lipinski definition) is 2. The van der Waals surface area contributed by atoms with Gasteiger partial charge in [0.2, 0.25) is 0 Å². The van der Waals surface area contributed by atoms with Crippen molar-refractivity contribution in [1.29, 1.82) is 0 Å². The minimum absolute atomic E-state index is 0.0566. The highest BCUT2D eigenvalue weighted by Gasteiger charge is 2.27. The summed E-state index contributed by atoms with van der Waals surface area (Å²) in [5, 5.41) is 6.69. The molecular weight excluding hydrogens is 230 g/mol. The Morgan fingerprint density at radius 3 is 2.82 bits per heavy atom. The lowest BCUT2D eigenvalue weighted by molar-refractivity contribution is 0.314. The second-order valence-corrected chi connectivity index (χ2v) is 6.48. The van der Waals surface area contributed by atoms with Crippen molar-refractivity contribution in [3.05, 3.63) is 16.1 Å². The third kappa shape index (κ3) is 3.50. The fourth-order valence-corrected chi connectivity index (χ4v) is 3.29. The van der Waals surface area contributed by atoms with Gasteiger partial charge in [0, 0.05) is 18.5 Å². The van der Waals surface area contributed by atoms with E-state index in [1.165, 1.54) is 25.7 Å². The van der Waals surface area contributed by atoms with Gasteiger partial charge >= 0.3 is 0 Å². The largest absolute Gasteiger partial charge is 0.322 e. The van der Waals surface area contributed by atoms with Crippen LogP contribution in [0.4, 0.5) is 0 Å². The lowest BCUT2D eigenvalue weighted by Crippen LogP contribution is -2.29. The van der Waals surface area contributed by atoms with Gasteiger partial charge in [-0.05, 0) is 25.2 Å². The number of nitrogens with two attached hydrogens (primary N) is 1. The first kappa shape index (κ1) is 13.0. The van der Waals surface area contributed by atoms with Crippen molar-refractivity contribution in [2.24, 2.45) is 11.1 Å². The first-order valence-electron chi connectivity index (χ1n) is 6.50. The lowest BCUT2D eigenvalue weighted by Gasteiger charge is -2.23. The highest BCUT2D eigenvalue weighted by Crippen LogP contribution is 2.36. The maximum absolute atomic E-state index is 5.80. The topological polar surface area (TPSA) is 50.9 Å². The van der Waals surface area contributed by atoms with Crippen molar-refractivity contribution in [2.45, 2.75) is 52.1 Å². The fourth-order valence-electron chi connectivity index (χ4n) is 2.51. The van der Waals surface area contributed by atoms with Gasteiger partial charge in [-0.1, -0.05) is 19.8 Å². The molecule has 0 aliphatic heterocycles. The lowest BCUT2D eigenvalue weighted by atomic mass is 9.89. The van der Waals surface area contributed by atoms with Crippen LogP contribution in [-0.4, -0.2) is 11.5 Å². The van der Waals surface area contributed by atoms with E-state index < -0.39 is 0 Å². The van der Waals surface area contributed by atoms with E-state index in [9.17, 15) is 0 Å². The Bertz CT molecular complexity index is 353. The molecule has 1 unspecified atom stereocenters. The molecular formula is C13H23N3S. The molecule has 3 N–H and O–H groups in total. The summed E-state index contributed by atoms with van der Waals surface area (Å²) in [5.74, 6) is 0. The number of rotatable bonds is 5. The molecule has 1 aromatic rings. The van der Waals surface area contributed by atoms with Crippen LogP contribution in [0.3, 0.4) is 0 Å². The van der Waals surface area contributed by atoms with Gasteiger partial charge < -0.3 is 11.1 Å². The summed E-state index contributed by atoms with van der Waals surface area (Å²) in [6.45, 7) is 6.36. The molecule has 4 heteroatoms. The molecule has 1 aromatic heterocycles. The molecule has 1 saturated carbocycles. The molecule has 1 aliphatic rings. The van der Waals surface area contributed by atoms with E-state index in [0.29, 0.717) is 5.41 Å². The number of aromatic nitrogens is 1. The molecule has 1 heterocycles. The number of nitrogens with zero attached hydrogens (tertiary/aromatic N) is 1. The Balaban J connectivity index is 1.77. The van der Waals surface area contributed by atoms with Crippen molar-refractivity contribution in [2.75, 3.05) is 6.54 Å². The van der Waals surface area contributed by atoms with Crippen LogP contribution in [0.1, 0.15) is 56.3 Å². The van der Waals surface area contributed by atoms with Gasteiger partial charge in [0.1, 0.15) is 5.01 Å². The van der Waals surface area contributed by atoms with Gasteiger partial charge in [0.05, 0.1) is 11.7 Å². The SMILES string of the molecule is CC(N)c1nc(CNCC2(C)CCCC2)cs1. The van der Waals surface area contributed by atoms with Crippen LogP contribution in [0.25, 0.3) is 0 Å². The molecule has 1 aliphatic carbocycles. The predicted octanol–water partition coefficient (Wildman–Crippen LogP) is 2.83. The first-order valence-corrected chi connectivity index (χ1v) is 7.38. The molecule has 0 bridgehead atoms. The minimum atomic E-state index is 0.0566. The van der Waals surface area contributed by atoms with Crippen LogP contribution in [0.5, 0.6) is 0 Å². The predicted molar refractivity (Wildman–Crippen MR) is 73.0 cm³/mol. The Kier molecular flexibility index (Phi) is 4.17. The van der Waals surface area contributed by atoms with Crippen molar-refractivity contribution in [3.63, 3.8) is 0 Å². The van der Waals surface area contributed by atoms with Gasteiger partial charge in [0.15, 0.2) is 0 Å². The molecule has 0 saturated heterocycles. The second-order valence-electron chi connectivity index (χ2n) is 5.59. The van der Waals surface area contributed by atoms with Crippen molar-refractivity contribution >= 4 is 11.3 Å². The van der Waals surface area contributed by atoms with E-state index >= 15 is 0 Å². The Hall–Kier alpha value is -0.450. The Morgan fingerprint density at radius 2 is 2.24 bits per heavy atom. The zero-order chi connectivity index (χ0) is 12.3. The monoisotopic (exact) mass is 253 g/mol. The summed E-state index contributed by atoms with van der Waals surface area (Å²) in [7, 11) is 0. The molecule has 2 rings (SSSR count). The molecule has 0 spiro atoms. The van der Waals surface area contributed by atoms with Crippen LogP contribution in [0.2, 0.25) is 0 Å². The molecule has 1 atom stereocenters. The zero-order valence-electron chi connectivity index (χ0n) is 10.8. The molecule has 0 radical (unpaired) electrons. The van der Waals surface area contributed by atoms with E-state index in [-0.39, 0.29) is 6.04 Å². The summed E-state index contributed by atoms with van der Waals surface area (Å²) in [6, 6.07) is 0.0566. The molecule has 0 amide bonds. The number of hydrogen-bond acceptors (Lipinski definition) is 4. The maximum atomic E-state index is 5.80. The van der Waals surface area contributed by atoms with E-state index in [1.807, 2.05) is 6.92 Å². The highest BCUT2D eigenvalue weighted by atomic mass is 32.1. The number of nitrogens with one attached hydrogen (secondary N) is 1. The average Bonchev–Trinajstić information content (AvgIpc) is 2.88. The van der Waals surface area contributed by atoms with Gasteiger partial charge in [-0.2, -0.15) is 0 Å². The van der Waals surface area contributed by atoms with Gasteiger partial charge in [-0.25, -0.2) is 4.98 Å². The minimum Gasteiger partial charge on any atom is -0.322 e. The van der Waals surface area contributed by atoms with E-state index in [0.717, 1.165) is 23.8 Å². The zero-order valence-corrected chi connectivity index (χ0v) is 11.6. The summed E-state index contributed by atoms with van der Waals surface area (Å²) in [6.07, 6.45) is 5.51. The standard InChI is InChI=1S/C13H23N3S/c1-10(14)12-16-11(8-17-12)7-15-9-13(2)5-3-4-6-13/h8,10,15H,3-7,9,14H2,1-2H3. The summed E-state index contributed by atoms with van der Waals surface area (Å²) >= 11 is 1.66. The van der Waals surface area contributed by atoms with E-state index in [2.05, 4.69) is 22.6 Å². The third-order valence-corrected chi connectivity index (χ3v) is 4.72. The van der Waals surface area contributed by atoms with Gasteiger partial charge in [0.25, 0.3) is 0 Å². The van der Waals surface area contributed by atoms with E-state index in [4.69, 9.17) is 5.73 Å². The van der Waals surface area contributed by atoms with Crippen LogP contribution >= 0.6 is 11.3 Å². The Labute approximate surface area is 108 Å². The number of thiazole rings is 1. The van der Waals surface area contributed by atoms with Crippen LogP contribution in [0, 0.1) is 5.41 Å². The molecule has 0 aromatic carbocycles. The van der Waals surface area contributed by atoms with Crippen molar-refractivity contribution in [1.82, 2.24) is 10.3 Å². The maximum Gasteiger partial charge on any atom is 0.109 e.